The zero-order valence-electron chi connectivity index (χ0n) is 12.7. The number of rotatable bonds is 2. The van der Waals surface area contributed by atoms with Crippen molar-refractivity contribution in [3.05, 3.63) is 17.7 Å². The largest absolute Gasteiger partial charge is 0.514 e. The van der Waals surface area contributed by atoms with Crippen molar-refractivity contribution in [3.8, 4) is 0 Å². The normalized spacial score (nSPS) is 21.2. The van der Waals surface area contributed by atoms with Crippen LogP contribution < -0.4 is 5.59 Å². The van der Waals surface area contributed by atoms with Crippen LogP contribution in [0.4, 0.5) is 0 Å². The van der Waals surface area contributed by atoms with Crippen LogP contribution in [0.1, 0.15) is 33.3 Å². The second-order valence-electron chi connectivity index (χ2n) is 6.21. The highest BCUT2D eigenvalue weighted by Gasteiger charge is 2.52. The van der Waals surface area contributed by atoms with E-state index < -0.39 is 28.2 Å². The molecule has 0 radical (unpaired) electrons. The zero-order valence-corrected chi connectivity index (χ0v) is 13.5. The first-order valence-corrected chi connectivity index (χ1v) is 8.36. The van der Waals surface area contributed by atoms with Crippen molar-refractivity contribution in [3.63, 3.8) is 0 Å². The third-order valence-electron chi connectivity index (χ3n) is 3.97. The molecule has 0 bridgehead atoms. The highest BCUT2D eigenvalue weighted by molar-refractivity contribution is 7.90. The summed E-state index contributed by atoms with van der Waals surface area (Å²) in [6.07, 6.45) is 1.14. The second kappa shape index (κ2) is 4.54. The van der Waals surface area contributed by atoms with Crippen molar-refractivity contribution >= 4 is 22.5 Å². The minimum Gasteiger partial charge on any atom is -0.398 e. The van der Waals surface area contributed by atoms with Crippen LogP contribution in [0, 0.1) is 6.92 Å². The third kappa shape index (κ3) is 2.62. The lowest BCUT2D eigenvalue weighted by molar-refractivity contribution is 0.00578. The molecule has 110 valence electrons. The van der Waals surface area contributed by atoms with Crippen LogP contribution in [-0.2, 0) is 19.1 Å². The van der Waals surface area contributed by atoms with Crippen molar-refractivity contribution in [2.24, 2.45) is 0 Å². The van der Waals surface area contributed by atoms with Gasteiger partial charge < -0.3 is 9.31 Å². The fourth-order valence-electron chi connectivity index (χ4n) is 1.93. The van der Waals surface area contributed by atoms with E-state index in [1.165, 1.54) is 6.07 Å². The van der Waals surface area contributed by atoms with E-state index in [2.05, 4.69) is 4.98 Å². The summed E-state index contributed by atoms with van der Waals surface area (Å²) in [5.74, 6) is 0. The first-order chi connectivity index (χ1) is 8.94. The lowest BCUT2D eigenvalue weighted by Gasteiger charge is -2.32. The molecule has 1 aliphatic rings. The Kier molecular flexibility index (Phi) is 3.52. The van der Waals surface area contributed by atoms with Gasteiger partial charge in [0.2, 0.25) is 0 Å². The van der Waals surface area contributed by atoms with Gasteiger partial charge in [-0.3, -0.25) is 0 Å². The highest BCUT2D eigenvalue weighted by Crippen LogP contribution is 2.36. The number of aromatic nitrogens is 1. The van der Waals surface area contributed by atoms with E-state index in [0.29, 0.717) is 5.59 Å². The van der Waals surface area contributed by atoms with E-state index >= 15 is 0 Å². The number of hydrogen-bond acceptors (Lipinski definition) is 5. The molecule has 1 fully saturated rings. The SMILES string of the molecule is Cc1ccc(S(C)(=O)=O)nc1B1OC(C)(C)C(C)(C)O1. The lowest BCUT2D eigenvalue weighted by Crippen LogP contribution is -2.41. The molecule has 1 aliphatic heterocycles. The van der Waals surface area contributed by atoms with Crippen LogP contribution in [0.3, 0.4) is 0 Å². The fourth-order valence-corrected chi connectivity index (χ4v) is 2.51. The van der Waals surface area contributed by atoms with Crippen LogP contribution >= 0.6 is 0 Å². The summed E-state index contributed by atoms with van der Waals surface area (Å²) in [4.78, 5) is 4.22. The van der Waals surface area contributed by atoms with Crippen LogP contribution in [-0.4, -0.2) is 38.0 Å². The molecule has 1 aromatic heterocycles. The number of nitrogens with zero attached hydrogens (tertiary/aromatic N) is 1. The molecule has 0 aliphatic carbocycles. The Hall–Kier alpha value is -0.915. The summed E-state index contributed by atoms with van der Waals surface area (Å²) in [5, 5.41) is 0.0350. The maximum absolute atomic E-state index is 11.6. The first-order valence-electron chi connectivity index (χ1n) is 6.47. The molecule has 1 aromatic rings. The van der Waals surface area contributed by atoms with Gasteiger partial charge in [0.05, 0.1) is 16.8 Å². The van der Waals surface area contributed by atoms with Gasteiger partial charge in [-0.05, 0) is 46.2 Å². The average Bonchev–Trinajstić information content (AvgIpc) is 2.46. The number of pyridine rings is 1. The van der Waals surface area contributed by atoms with Gasteiger partial charge in [-0.25, -0.2) is 13.4 Å². The van der Waals surface area contributed by atoms with Crippen molar-refractivity contribution in [1.29, 1.82) is 0 Å². The van der Waals surface area contributed by atoms with Gasteiger partial charge in [-0.1, -0.05) is 6.07 Å². The molecule has 0 spiro atoms. The Bertz CT molecular complexity index is 624. The molecule has 0 saturated carbocycles. The molecule has 7 heteroatoms. The van der Waals surface area contributed by atoms with Gasteiger partial charge in [-0.2, -0.15) is 0 Å². The Morgan fingerprint density at radius 1 is 1.10 bits per heavy atom. The summed E-state index contributed by atoms with van der Waals surface area (Å²) in [6.45, 7) is 9.65. The van der Waals surface area contributed by atoms with Crippen LogP contribution in [0.2, 0.25) is 0 Å². The van der Waals surface area contributed by atoms with Crippen LogP contribution in [0.25, 0.3) is 0 Å². The summed E-state index contributed by atoms with van der Waals surface area (Å²) >= 11 is 0. The van der Waals surface area contributed by atoms with E-state index in [9.17, 15) is 8.42 Å². The lowest BCUT2D eigenvalue weighted by atomic mass is 9.81. The topological polar surface area (TPSA) is 65.5 Å². The maximum Gasteiger partial charge on any atom is 0.514 e. The average molecular weight is 297 g/mol. The Balaban J connectivity index is 2.45. The van der Waals surface area contributed by atoms with Crippen molar-refractivity contribution in [2.75, 3.05) is 6.26 Å². The van der Waals surface area contributed by atoms with Crippen LogP contribution in [0.5, 0.6) is 0 Å². The van der Waals surface area contributed by atoms with Gasteiger partial charge >= 0.3 is 7.12 Å². The fraction of sp³-hybridized carbons (Fsp3) is 0.615. The van der Waals surface area contributed by atoms with Gasteiger partial charge in [0.25, 0.3) is 0 Å². The molecular formula is C13H20BNO4S. The van der Waals surface area contributed by atoms with Gasteiger partial charge in [0.1, 0.15) is 0 Å². The quantitative estimate of drug-likeness (QED) is 0.765. The molecule has 0 atom stereocenters. The van der Waals surface area contributed by atoms with E-state index in [4.69, 9.17) is 9.31 Å². The second-order valence-corrected chi connectivity index (χ2v) is 8.17. The summed E-state index contributed by atoms with van der Waals surface area (Å²) < 4.78 is 35.1. The van der Waals surface area contributed by atoms with Gasteiger partial charge in [0, 0.05) is 6.26 Å². The maximum atomic E-state index is 11.6. The monoisotopic (exact) mass is 297 g/mol. The van der Waals surface area contributed by atoms with E-state index in [1.54, 1.807) is 6.07 Å². The Morgan fingerprint density at radius 2 is 1.60 bits per heavy atom. The number of hydrogen-bond donors (Lipinski definition) is 0. The molecule has 2 rings (SSSR count). The zero-order chi connectivity index (χ0) is 15.3. The molecule has 5 nitrogen and oxygen atoms in total. The molecule has 0 amide bonds. The molecule has 20 heavy (non-hydrogen) atoms. The van der Waals surface area contributed by atoms with Gasteiger partial charge in [-0.15, -0.1) is 0 Å². The van der Waals surface area contributed by atoms with E-state index in [0.717, 1.165) is 11.8 Å². The standard InChI is InChI=1S/C13H20BNO4S/c1-9-7-8-10(20(6,16)17)15-11(9)14-18-12(2,3)13(4,5)19-14/h7-8H,1-6H3. The highest BCUT2D eigenvalue weighted by atomic mass is 32.2. The summed E-state index contributed by atoms with van der Waals surface area (Å²) in [7, 11) is -4.00. The minimum absolute atomic E-state index is 0.0350. The number of sulfone groups is 1. The predicted octanol–water partition coefficient (Wildman–Crippen LogP) is 1.09. The smallest absolute Gasteiger partial charge is 0.398 e. The Morgan fingerprint density at radius 3 is 2.05 bits per heavy atom. The van der Waals surface area contributed by atoms with Crippen molar-refractivity contribution in [1.82, 2.24) is 4.98 Å². The third-order valence-corrected chi connectivity index (χ3v) is 4.95. The molecule has 2 heterocycles. The minimum atomic E-state index is -3.35. The molecule has 0 aromatic carbocycles. The van der Waals surface area contributed by atoms with Gasteiger partial charge in [0.15, 0.2) is 14.9 Å². The van der Waals surface area contributed by atoms with Crippen molar-refractivity contribution < 1.29 is 17.7 Å². The van der Waals surface area contributed by atoms with Crippen molar-refractivity contribution in [2.45, 2.75) is 50.8 Å². The molecule has 0 N–H and O–H groups in total. The predicted molar refractivity (Wildman–Crippen MR) is 77.8 cm³/mol. The summed E-state index contributed by atoms with van der Waals surface area (Å²) in [6, 6.07) is 3.23. The summed E-state index contributed by atoms with van der Waals surface area (Å²) in [5.41, 5.74) is 0.405. The van der Waals surface area contributed by atoms with E-state index in [1.807, 2.05) is 34.6 Å². The molecule has 1 saturated heterocycles. The van der Waals surface area contributed by atoms with E-state index in [-0.39, 0.29) is 5.03 Å². The first kappa shape index (κ1) is 15.5. The molecular weight excluding hydrogens is 277 g/mol. The number of aryl methyl sites for hydroxylation is 1. The molecule has 0 unspecified atom stereocenters. The Labute approximate surface area is 120 Å². The van der Waals surface area contributed by atoms with Crippen LogP contribution in [0.15, 0.2) is 17.2 Å².